The van der Waals surface area contributed by atoms with Gasteiger partial charge in [-0.15, -0.1) is 0 Å². The minimum Gasteiger partial charge on any atom is -0.465 e. The molecule has 1 aromatic carbocycles. The van der Waals surface area contributed by atoms with Crippen LogP contribution in [0.2, 0.25) is 0 Å². The van der Waals surface area contributed by atoms with Crippen molar-refractivity contribution in [1.82, 2.24) is 9.80 Å². The van der Waals surface area contributed by atoms with E-state index in [1.807, 2.05) is 14.0 Å². The molecule has 0 saturated carbocycles. The van der Waals surface area contributed by atoms with Gasteiger partial charge in [-0.3, -0.25) is 4.90 Å². The molecule has 0 radical (unpaired) electrons. The van der Waals surface area contributed by atoms with Crippen LogP contribution >= 0.6 is 0 Å². The normalized spacial score (nSPS) is 17.7. The first-order chi connectivity index (χ1) is 8.49. The molecule has 2 rings (SSSR count). The number of likely N-dealkylation sites (N-methyl/N-ethyl adjacent to an activating group) is 1. The van der Waals surface area contributed by atoms with Crippen molar-refractivity contribution >= 4 is 6.09 Å². The monoisotopic (exact) mass is 252 g/mol. The highest BCUT2D eigenvalue weighted by atomic mass is 19.1. The van der Waals surface area contributed by atoms with E-state index in [0.717, 1.165) is 5.56 Å². The number of likely N-dealkylation sites (tertiary alicyclic amines) is 1. The molecule has 1 amide bonds. The second-order valence-electron chi connectivity index (χ2n) is 4.73. The van der Waals surface area contributed by atoms with Crippen LogP contribution in [0.4, 0.5) is 9.18 Å². The van der Waals surface area contributed by atoms with Crippen molar-refractivity contribution in [3.63, 3.8) is 0 Å². The molecule has 0 aromatic heterocycles. The van der Waals surface area contributed by atoms with Crippen molar-refractivity contribution in [2.24, 2.45) is 0 Å². The number of benzene rings is 1. The molecule has 1 aromatic rings. The smallest absolute Gasteiger partial charge is 0.407 e. The summed E-state index contributed by atoms with van der Waals surface area (Å²) < 4.78 is 12.8. The number of nitrogens with zero attached hydrogens (tertiary/aromatic N) is 2. The highest BCUT2D eigenvalue weighted by Crippen LogP contribution is 2.25. The topological polar surface area (TPSA) is 43.8 Å². The molecule has 1 heterocycles. The van der Waals surface area contributed by atoms with Gasteiger partial charge >= 0.3 is 6.09 Å². The Hall–Kier alpha value is -1.62. The van der Waals surface area contributed by atoms with Crippen LogP contribution in [0.3, 0.4) is 0 Å². The Labute approximate surface area is 106 Å². The highest BCUT2D eigenvalue weighted by Gasteiger charge is 2.35. The van der Waals surface area contributed by atoms with Gasteiger partial charge in [-0.05, 0) is 31.7 Å². The molecule has 1 aliphatic rings. The van der Waals surface area contributed by atoms with Gasteiger partial charge in [0.1, 0.15) is 5.82 Å². The fourth-order valence-corrected chi connectivity index (χ4v) is 2.16. The molecule has 1 unspecified atom stereocenters. The van der Waals surface area contributed by atoms with Crippen LogP contribution < -0.4 is 0 Å². The summed E-state index contributed by atoms with van der Waals surface area (Å²) in [5.41, 5.74) is 1.03. The van der Waals surface area contributed by atoms with Crippen LogP contribution in [0.15, 0.2) is 24.3 Å². The van der Waals surface area contributed by atoms with E-state index < -0.39 is 6.09 Å². The molecule has 1 aliphatic heterocycles. The zero-order valence-corrected chi connectivity index (χ0v) is 10.5. The summed E-state index contributed by atoms with van der Waals surface area (Å²) in [6.45, 7) is 3.12. The number of carboxylic acid groups (broad SMARTS) is 1. The number of halogens is 1. The van der Waals surface area contributed by atoms with E-state index in [0.29, 0.717) is 13.1 Å². The van der Waals surface area contributed by atoms with Crippen molar-refractivity contribution in [3.8, 4) is 0 Å². The summed E-state index contributed by atoms with van der Waals surface area (Å²) in [4.78, 5) is 14.2. The first-order valence-corrected chi connectivity index (χ1v) is 5.94. The molecule has 5 heteroatoms. The van der Waals surface area contributed by atoms with Gasteiger partial charge < -0.3 is 10.0 Å². The number of rotatable bonds is 3. The van der Waals surface area contributed by atoms with Crippen LogP contribution in [0.25, 0.3) is 0 Å². The Morgan fingerprint density at radius 2 is 2.00 bits per heavy atom. The van der Waals surface area contributed by atoms with Crippen molar-refractivity contribution in [1.29, 1.82) is 0 Å². The number of hydrogen-bond donors (Lipinski definition) is 1. The number of amides is 1. The minimum atomic E-state index is -0.867. The Kier molecular flexibility index (Phi) is 3.52. The second kappa shape index (κ2) is 4.94. The quantitative estimate of drug-likeness (QED) is 0.896. The summed E-state index contributed by atoms with van der Waals surface area (Å²) in [5, 5.41) is 8.78. The molecule has 0 spiro atoms. The largest absolute Gasteiger partial charge is 0.465 e. The lowest BCUT2D eigenvalue weighted by Crippen LogP contribution is -2.60. The van der Waals surface area contributed by atoms with E-state index in [4.69, 9.17) is 5.11 Å². The summed E-state index contributed by atoms with van der Waals surface area (Å²) in [7, 11) is 1.97. The molecule has 0 bridgehead atoms. The van der Waals surface area contributed by atoms with Crippen molar-refractivity contribution in [3.05, 3.63) is 35.6 Å². The van der Waals surface area contributed by atoms with E-state index in [2.05, 4.69) is 4.90 Å². The van der Waals surface area contributed by atoms with E-state index >= 15 is 0 Å². The summed E-state index contributed by atoms with van der Waals surface area (Å²) in [6.07, 6.45) is -0.867. The van der Waals surface area contributed by atoms with E-state index in [9.17, 15) is 9.18 Å². The summed E-state index contributed by atoms with van der Waals surface area (Å²) in [6, 6.07) is 6.81. The van der Waals surface area contributed by atoms with E-state index in [1.54, 1.807) is 12.1 Å². The maximum Gasteiger partial charge on any atom is 0.407 e. The second-order valence-corrected chi connectivity index (χ2v) is 4.73. The molecule has 98 valence electrons. The van der Waals surface area contributed by atoms with Crippen LogP contribution in [-0.4, -0.2) is 47.2 Å². The molecule has 0 aliphatic carbocycles. The molecule has 1 fully saturated rings. The van der Waals surface area contributed by atoms with Gasteiger partial charge in [-0.2, -0.15) is 0 Å². The third-order valence-corrected chi connectivity index (χ3v) is 3.67. The number of hydrogen-bond acceptors (Lipinski definition) is 2. The maximum absolute atomic E-state index is 12.8. The predicted molar refractivity (Wildman–Crippen MR) is 66.0 cm³/mol. The first kappa shape index (κ1) is 12.8. The SMILES string of the molecule is CC(c1ccc(F)cc1)N(C)C1CN(C(=O)O)C1. The van der Waals surface area contributed by atoms with Gasteiger partial charge in [0.25, 0.3) is 0 Å². The zero-order chi connectivity index (χ0) is 13.3. The third kappa shape index (κ3) is 2.46. The van der Waals surface area contributed by atoms with Crippen molar-refractivity contribution < 1.29 is 14.3 Å². The van der Waals surface area contributed by atoms with Gasteiger partial charge in [-0.25, -0.2) is 9.18 Å². The van der Waals surface area contributed by atoms with Gasteiger partial charge in [0.15, 0.2) is 0 Å². The molecule has 4 nitrogen and oxygen atoms in total. The summed E-state index contributed by atoms with van der Waals surface area (Å²) in [5.74, 6) is -0.241. The third-order valence-electron chi connectivity index (χ3n) is 3.67. The van der Waals surface area contributed by atoms with Gasteiger partial charge in [0, 0.05) is 25.2 Å². The lowest BCUT2D eigenvalue weighted by molar-refractivity contribution is 0.0325. The first-order valence-electron chi connectivity index (χ1n) is 5.94. The lowest BCUT2D eigenvalue weighted by atomic mass is 10.0. The van der Waals surface area contributed by atoms with E-state index in [1.165, 1.54) is 17.0 Å². The van der Waals surface area contributed by atoms with Gasteiger partial charge in [-0.1, -0.05) is 12.1 Å². The molecule has 18 heavy (non-hydrogen) atoms. The molecular weight excluding hydrogens is 235 g/mol. The molecule has 1 atom stereocenters. The average molecular weight is 252 g/mol. The van der Waals surface area contributed by atoms with Crippen LogP contribution in [0.1, 0.15) is 18.5 Å². The maximum atomic E-state index is 12.8. The predicted octanol–water partition coefficient (Wildman–Crippen LogP) is 2.18. The lowest BCUT2D eigenvalue weighted by Gasteiger charge is -2.44. The Morgan fingerprint density at radius 1 is 1.44 bits per heavy atom. The fourth-order valence-electron chi connectivity index (χ4n) is 2.16. The standard InChI is InChI=1S/C13H17FN2O2/c1-9(10-3-5-11(14)6-4-10)15(2)12-7-16(8-12)13(17)18/h3-6,9,12H,7-8H2,1-2H3,(H,17,18). The van der Waals surface area contributed by atoms with Crippen LogP contribution in [-0.2, 0) is 0 Å². The fraction of sp³-hybridized carbons (Fsp3) is 0.462. The van der Waals surface area contributed by atoms with E-state index in [-0.39, 0.29) is 17.9 Å². The van der Waals surface area contributed by atoms with Gasteiger partial charge in [0.2, 0.25) is 0 Å². The molecular formula is C13H17FN2O2. The Balaban J connectivity index is 1.95. The highest BCUT2D eigenvalue weighted by molar-refractivity contribution is 5.66. The average Bonchev–Trinajstić information content (AvgIpc) is 2.26. The van der Waals surface area contributed by atoms with Crippen molar-refractivity contribution in [2.75, 3.05) is 20.1 Å². The van der Waals surface area contributed by atoms with Gasteiger partial charge in [0.05, 0.1) is 0 Å². The Bertz CT molecular complexity index is 429. The number of carbonyl (C=O) groups is 1. The molecule has 1 saturated heterocycles. The minimum absolute atomic E-state index is 0.145. The Morgan fingerprint density at radius 3 is 2.50 bits per heavy atom. The zero-order valence-electron chi connectivity index (χ0n) is 10.5. The van der Waals surface area contributed by atoms with Crippen LogP contribution in [0.5, 0.6) is 0 Å². The molecule has 1 N–H and O–H groups in total. The van der Waals surface area contributed by atoms with Crippen LogP contribution in [0, 0.1) is 5.82 Å². The van der Waals surface area contributed by atoms with Crippen molar-refractivity contribution in [2.45, 2.75) is 19.0 Å². The summed E-state index contributed by atoms with van der Waals surface area (Å²) >= 11 is 0.